The van der Waals surface area contributed by atoms with Crippen LogP contribution in [0.2, 0.25) is 0 Å². The second kappa shape index (κ2) is 5.12. The Bertz CT molecular complexity index is 339. The van der Waals surface area contributed by atoms with E-state index in [1.165, 1.54) is 0 Å². The molecule has 0 bridgehead atoms. The van der Waals surface area contributed by atoms with Crippen LogP contribution in [0.4, 0.5) is 11.8 Å². The summed E-state index contributed by atoms with van der Waals surface area (Å²) in [5.41, 5.74) is 0. The SMILES string of the molecule is CNc1nccc(NC(C)C2CCCO2)n1. The van der Waals surface area contributed by atoms with Crippen LogP contribution in [0, 0.1) is 0 Å². The van der Waals surface area contributed by atoms with Gasteiger partial charge in [-0.15, -0.1) is 0 Å². The molecule has 5 heteroatoms. The van der Waals surface area contributed by atoms with E-state index in [9.17, 15) is 0 Å². The van der Waals surface area contributed by atoms with Gasteiger partial charge < -0.3 is 15.4 Å². The summed E-state index contributed by atoms with van der Waals surface area (Å²) in [6.07, 6.45) is 4.32. The number of aromatic nitrogens is 2. The molecule has 0 aromatic carbocycles. The van der Waals surface area contributed by atoms with Gasteiger partial charge in [-0.05, 0) is 25.8 Å². The third-order valence-electron chi connectivity index (χ3n) is 2.78. The lowest BCUT2D eigenvalue weighted by Crippen LogP contribution is -2.30. The maximum atomic E-state index is 5.62. The first kappa shape index (κ1) is 11.1. The largest absolute Gasteiger partial charge is 0.376 e. The van der Waals surface area contributed by atoms with Gasteiger partial charge in [0.2, 0.25) is 5.95 Å². The van der Waals surface area contributed by atoms with Crippen LogP contribution in [0.3, 0.4) is 0 Å². The van der Waals surface area contributed by atoms with Gasteiger partial charge >= 0.3 is 0 Å². The zero-order valence-electron chi connectivity index (χ0n) is 9.73. The van der Waals surface area contributed by atoms with Gasteiger partial charge in [0.15, 0.2) is 0 Å². The van der Waals surface area contributed by atoms with Crippen LogP contribution >= 0.6 is 0 Å². The highest BCUT2D eigenvalue weighted by Crippen LogP contribution is 2.18. The number of nitrogens with zero attached hydrogens (tertiary/aromatic N) is 2. The van der Waals surface area contributed by atoms with E-state index in [0.29, 0.717) is 12.1 Å². The minimum Gasteiger partial charge on any atom is -0.376 e. The van der Waals surface area contributed by atoms with E-state index in [2.05, 4.69) is 27.5 Å². The lowest BCUT2D eigenvalue weighted by Gasteiger charge is -2.20. The summed E-state index contributed by atoms with van der Waals surface area (Å²) < 4.78 is 5.62. The molecule has 1 aromatic heterocycles. The number of rotatable bonds is 4. The second-order valence-corrected chi connectivity index (χ2v) is 4.00. The van der Waals surface area contributed by atoms with E-state index in [1.807, 2.05) is 13.1 Å². The van der Waals surface area contributed by atoms with Gasteiger partial charge in [-0.25, -0.2) is 4.98 Å². The highest BCUT2D eigenvalue weighted by molar-refractivity contribution is 5.40. The minimum atomic E-state index is 0.280. The molecule has 0 aliphatic carbocycles. The van der Waals surface area contributed by atoms with Gasteiger partial charge in [-0.2, -0.15) is 4.98 Å². The zero-order valence-corrected chi connectivity index (χ0v) is 9.73. The molecule has 2 rings (SSSR count). The monoisotopic (exact) mass is 222 g/mol. The Morgan fingerprint density at radius 2 is 2.44 bits per heavy atom. The number of nitrogens with one attached hydrogen (secondary N) is 2. The molecule has 2 atom stereocenters. The second-order valence-electron chi connectivity index (χ2n) is 4.00. The summed E-state index contributed by atoms with van der Waals surface area (Å²) in [5, 5.41) is 6.26. The average molecular weight is 222 g/mol. The molecule has 2 heterocycles. The molecule has 0 amide bonds. The Kier molecular flexibility index (Phi) is 3.56. The highest BCUT2D eigenvalue weighted by atomic mass is 16.5. The molecule has 0 spiro atoms. The van der Waals surface area contributed by atoms with Crippen molar-refractivity contribution in [2.75, 3.05) is 24.3 Å². The van der Waals surface area contributed by atoms with Gasteiger partial charge in [-0.3, -0.25) is 0 Å². The third kappa shape index (κ3) is 2.61. The fraction of sp³-hybridized carbons (Fsp3) is 0.636. The van der Waals surface area contributed by atoms with Gasteiger partial charge in [0, 0.05) is 19.9 Å². The summed E-state index contributed by atoms with van der Waals surface area (Å²) in [6.45, 7) is 3.00. The molecule has 1 aromatic rings. The van der Waals surface area contributed by atoms with E-state index in [1.54, 1.807) is 6.20 Å². The Balaban J connectivity index is 1.96. The van der Waals surface area contributed by atoms with Crippen LogP contribution < -0.4 is 10.6 Å². The van der Waals surface area contributed by atoms with Crippen molar-refractivity contribution in [1.82, 2.24) is 9.97 Å². The van der Waals surface area contributed by atoms with Crippen molar-refractivity contribution in [3.05, 3.63) is 12.3 Å². The Morgan fingerprint density at radius 3 is 3.12 bits per heavy atom. The van der Waals surface area contributed by atoms with E-state index in [-0.39, 0.29) is 6.04 Å². The highest BCUT2D eigenvalue weighted by Gasteiger charge is 2.22. The predicted octanol–water partition coefficient (Wildman–Crippen LogP) is 1.50. The summed E-state index contributed by atoms with van der Waals surface area (Å²) in [5.74, 6) is 1.46. The summed E-state index contributed by atoms with van der Waals surface area (Å²) in [6, 6.07) is 2.15. The Hall–Kier alpha value is -1.36. The minimum absolute atomic E-state index is 0.280. The van der Waals surface area contributed by atoms with Crippen molar-refractivity contribution >= 4 is 11.8 Å². The number of ether oxygens (including phenoxy) is 1. The first-order chi connectivity index (χ1) is 7.79. The normalized spacial score (nSPS) is 21.8. The smallest absolute Gasteiger partial charge is 0.224 e. The maximum absolute atomic E-state index is 5.62. The van der Waals surface area contributed by atoms with Crippen LogP contribution in [0.5, 0.6) is 0 Å². The molecule has 1 aliphatic rings. The molecular weight excluding hydrogens is 204 g/mol. The average Bonchev–Trinajstić information content (AvgIpc) is 2.83. The molecule has 0 saturated carbocycles. The van der Waals surface area contributed by atoms with Crippen molar-refractivity contribution in [1.29, 1.82) is 0 Å². The van der Waals surface area contributed by atoms with Crippen molar-refractivity contribution in [2.24, 2.45) is 0 Å². The molecule has 1 aliphatic heterocycles. The zero-order chi connectivity index (χ0) is 11.4. The van der Waals surface area contributed by atoms with Gasteiger partial charge in [0.1, 0.15) is 5.82 Å². The predicted molar refractivity (Wildman–Crippen MR) is 63.6 cm³/mol. The van der Waals surface area contributed by atoms with Crippen molar-refractivity contribution in [3.63, 3.8) is 0 Å². The number of hydrogen-bond acceptors (Lipinski definition) is 5. The lowest BCUT2D eigenvalue weighted by molar-refractivity contribution is 0.0995. The summed E-state index contributed by atoms with van der Waals surface area (Å²) >= 11 is 0. The van der Waals surface area contributed by atoms with E-state index in [4.69, 9.17) is 4.74 Å². The Morgan fingerprint density at radius 1 is 1.56 bits per heavy atom. The van der Waals surface area contributed by atoms with E-state index in [0.717, 1.165) is 25.3 Å². The fourth-order valence-electron chi connectivity index (χ4n) is 1.88. The number of anilines is 2. The molecule has 1 saturated heterocycles. The fourth-order valence-corrected chi connectivity index (χ4v) is 1.88. The molecule has 88 valence electrons. The molecule has 2 unspecified atom stereocenters. The molecular formula is C11H18N4O. The van der Waals surface area contributed by atoms with Gasteiger partial charge in [0.25, 0.3) is 0 Å². The summed E-state index contributed by atoms with van der Waals surface area (Å²) in [7, 11) is 1.81. The van der Waals surface area contributed by atoms with Crippen LogP contribution in [-0.2, 0) is 4.74 Å². The van der Waals surface area contributed by atoms with E-state index < -0.39 is 0 Å². The van der Waals surface area contributed by atoms with Gasteiger partial charge in [-0.1, -0.05) is 0 Å². The van der Waals surface area contributed by atoms with Crippen LogP contribution in [-0.4, -0.2) is 35.8 Å². The summed E-state index contributed by atoms with van der Waals surface area (Å²) in [4.78, 5) is 8.38. The van der Waals surface area contributed by atoms with E-state index >= 15 is 0 Å². The van der Waals surface area contributed by atoms with Crippen molar-refractivity contribution in [3.8, 4) is 0 Å². The van der Waals surface area contributed by atoms with Crippen molar-refractivity contribution in [2.45, 2.75) is 31.9 Å². The molecule has 5 nitrogen and oxygen atoms in total. The van der Waals surface area contributed by atoms with Crippen LogP contribution in [0.1, 0.15) is 19.8 Å². The quantitative estimate of drug-likeness (QED) is 0.808. The molecule has 1 fully saturated rings. The van der Waals surface area contributed by atoms with Crippen molar-refractivity contribution < 1.29 is 4.74 Å². The lowest BCUT2D eigenvalue weighted by atomic mass is 10.1. The molecule has 16 heavy (non-hydrogen) atoms. The van der Waals surface area contributed by atoms with Gasteiger partial charge in [0.05, 0.1) is 12.1 Å². The topological polar surface area (TPSA) is 59.1 Å². The third-order valence-corrected chi connectivity index (χ3v) is 2.78. The van der Waals surface area contributed by atoms with Crippen LogP contribution in [0.15, 0.2) is 12.3 Å². The maximum Gasteiger partial charge on any atom is 0.224 e. The Labute approximate surface area is 95.6 Å². The molecule has 2 N–H and O–H groups in total. The first-order valence-corrected chi connectivity index (χ1v) is 5.68. The molecule has 0 radical (unpaired) electrons. The first-order valence-electron chi connectivity index (χ1n) is 5.68. The number of hydrogen-bond donors (Lipinski definition) is 2. The van der Waals surface area contributed by atoms with Crippen LogP contribution in [0.25, 0.3) is 0 Å². The standard InChI is InChI=1S/C11H18N4O/c1-8(9-4-3-7-16-9)14-10-5-6-13-11(12-2)15-10/h5-6,8-9H,3-4,7H2,1-2H3,(H2,12,13,14,15).